The van der Waals surface area contributed by atoms with Crippen LogP contribution in [0, 0.1) is 0 Å². The molecular weight excluding hydrogens is 330 g/mol. The largest absolute Gasteiger partial charge is 0.497 e. The fraction of sp³-hybridized carbons (Fsp3) is 0.190. The second kappa shape index (κ2) is 7.89. The summed E-state index contributed by atoms with van der Waals surface area (Å²) in [6.45, 7) is 0. The topological polar surface area (TPSA) is 70.8 Å². The SMILES string of the molecule is COC(=O)[C@@H](N)Cc1ccccc1Oc1cccc2cc(OC)ccc12. The molecule has 3 aromatic carbocycles. The van der Waals surface area contributed by atoms with Gasteiger partial charge in [0.05, 0.1) is 14.2 Å². The number of para-hydroxylation sites is 1. The van der Waals surface area contributed by atoms with Crippen molar-refractivity contribution >= 4 is 16.7 Å². The quantitative estimate of drug-likeness (QED) is 0.686. The summed E-state index contributed by atoms with van der Waals surface area (Å²) in [4.78, 5) is 11.6. The van der Waals surface area contributed by atoms with Crippen LogP contribution in [-0.2, 0) is 16.0 Å². The van der Waals surface area contributed by atoms with Crippen LogP contribution in [0.15, 0.2) is 60.7 Å². The molecule has 0 aromatic heterocycles. The highest BCUT2D eigenvalue weighted by molar-refractivity contribution is 5.89. The van der Waals surface area contributed by atoms with E-state index in [1.807, 2.05) is 60.7 Å². The summed E-state index contributed by atoms with van der Waals surface area (Å²) < 4.78 is 16.1. The molecule has 0 fully saturated rings. The minimum absolute atomic E-state index is 0.335. The molecule has 5 heteroatoms. The minimum Gasteiger partial charge on any atom is -0.497 e. The van der Waals surface area contributed by atoms with Crippen molar-refractivity contribution in [2.45, 2.75) is 12.5 Å². The van der Waals surface area contributed by atoms with Gasteiger partial charge in [0.25, 0.3) is 0 Å². The summed E-state index contributed by atoms with van der Waals surface area (Å²) in [5, 5.41) is 1.99. The number of hydrogen-bond donors (Lipinski definition) is 1. The summed E-state index contributed by atoms with van der Waals surface area (Å²) in [5.74, 6) is 1.73. The van der Waals surface area contributed by atoms with Gasteiger partial charge in [0.15, 0.2) is 0 Å². The van der Waals surface area contributed by atoms with Gasteiger partial charge in [-0.15, -0.1) is 0 Å². The molecule has 0 radical (unpaired) electrons. The van der Waals surface area contributed by atoms with E-state index in [-0.39, 0.29) is 0 Å². The molecule has 1 atom stereocenters. The maximum absolute atomic E-state index is 11.6. The molecule has 0 saturated heterocycles. The number of nitrogens with two attached hydrogens (primary N) is 1. The fourth-order valence-corrected chi connectivity index (χ4v) is 2.81. The van der Waals surface area contributed by atoms with Gasteiger partial charge < -0.3 is 19.9 Å². The predicted molar refractivity (Wildman–Crippen MR) is 101 cm³/mol. The molecule has 3 aromatic rings. The van der Waals surface area contributed by atoms with Crippen molar-refractivity contribution in [3.63, 3.8) is 0 Å². The Bertz CT molecular complexity index is 923. The lowest BCUT2D eigenvalue weighted by Gasteiger charge is -2.15. The van der Waals surface area contributed by atoms with Crippen LogP contribution < -0.4 is 15.2 Å². The van der Waals surface area contributed by atoms with Crippen LogP contribution in [0.4, 0.5) is 0 Å². The van der Waals surface area contributed by atoms with Gasteiger partial charge in [-0.2, -0.15) is 0 Å². The van der Waals surface area contributed by atoms with E-state index in [9.17, 15) is 4.79 Å². The molecular formula is C21H21NO4. The molecule has 0 bridgehead atoms. The molecule has 5 nitrogen and oxygen atoms in total. The third-order valence-electron chi connectivity index (χ3n) is 4.18. The molecule has 0 saturated carbocycles. The van der Waals surface area contributed by atoms with Gasteiger partial charge in [-0.1, -0.05) is 30.3 Å². The van der Waals surface area contributed by atoms with Crippen molar-refractivity contribution in [3.8, 4) is 17.2 Å². The van der Waals surface area contributed by atoms with Gasteiger partial charge >= 0.3 is 5.97 Å². The summed E-state index contributed by atoms with van der Waals surface area (Å²) in [5.41, 5.74) is 6.74. The van der Waals surface area contributed by atoms with E-state index < -0.39 is 12.0 Å². The third kappa shape index (κ3) is 3.78. The first kappa shape index (κ1) is 17.8. The van der Waals surface area contributed by atoms with E-state index in [0.29, 0.717) is 12.2 Å². The number of rotatable bonds is 6. The van der Waals surface area contributed by atoms with E-state index in [0.717, 1.165) is 27.8 Å². The van der Waals surface area contributed by atoms with E-state index >= 15 is 0 Å². The van der Waals surface area contributed by atoms with Crippen LogP contribution >= 0.6 is 0 Å². The van der Waals surface area contributed by atoms with Crippen LogP contribution in [0.5, 0.6) is 17.2 Å². The zero-order valence-electron chi connectivity index (χ0n) is 14.8. The van der Waals surface area contributed by atoms with Crippen molar-refractivity contribution in [1.29, 1.82) is 0 Å². The number of carbonyl (C=O) groups is 1. The van der Waals surface area contributed by atoms with Crippen LogP contribution in [0.1, 0.15) is 5.56 Å². The summed E-state index contributed by atoms with van der Waals surface area (Å²) >= 11 is 0. The summed E-state index contributed by atoms with van der Waals surface area (Å²) in [7, 11) is 2.97. The Kier molecular flexibility index (Phi) is 5.39. The number of esters is 1. The van der Waals surface area contributed by atoms with Crippen LogP contribution in [0.25, 0.3) is 10.8 Å². The fourth-order valence-electron chi connectivity index (χ4n) is 2.81. The number of hydrogen-bond acceptors (Lipinski definition) is 5. The van der Waals surface area contributed by atoms with Crippen LogP contribution in [0.2, 0.25) is 0 Å². The van der Waals surface area contributed by atoms with Gasteiger partial charge in [0, 0.05) is 11.8 Å². The monoisotopic (exact) mass is 351 g/mol. The number of carbonyl (C=O) groups excluding carboxylic acids is 1. The Morgan fingerprint density at radius 1 is 1.00 bits per heavy atom. The lowest BCUT2D eigenvalue weighted by atomic mass is 10.1. The second-order valence-electron chi connectivity index (χ2n) is 5.89. The number of fused-ring (bicyclic) bond motifs is 1. The molecule has 3 rings (SSSR count). The average molecular weight is 351 g/mol. The van der Waals surface area contributed by atoms with E-state index in [4.69, 9.17) is 19.9 Å². The first-order valence-electron chi connectivity index (χ1n) is 8.28. The molecule has 0 aliphatic carbocycles. The molecule has 0 aliphatic rings. The Hall–Kier alpha value is -3.05. The summed E-state index contributed by atoms with van der Waals surface area (Å²) in [6.07, 6.45) is 0.335. The minimum atomic E-state index is -0.735. The molecule has 26 heavy (non-hydrogen) atoms. The Labute approximate surface area is 152 Å². The van der Waals surface area contributed by atoms with E-state index in [1.54, 1.807) is 7.11 Å². The van der Waals surface area contributed by atoms with Crippen molar-refractivity contribution < 1.29 is 19.0 Å². The first-order valence-corrected chi connectivity index (χ1v) is 8.28. The standard InChI is InChI=1S/C21H21NO4/c1-24-16-10-11-17-14(12-16)7-5-9-20(17)26-19-8-4-3-6-15(19)13-18(22)21(23)25-2/h3-12,18H,13,22H2,1-2H3/t18-/m0/s1. The molecule has 0 heterocycles. The molecule has 0 aliphatic heterocycles. The highest BCUT2D eigenvalue weighted by atomic mass is 16.5. The van der Waals surface area contributed by atoms with Crippen molar-refractivity contribution in [2.75, 3.05) is 14.2 Å². The van der Waals surface area contributed by atoms with E-state index in [1.165, 1.54) is 7.11 Å². The van der Waals surface area contributed by atoms with Gasteiger partial charge in [0.1, 0.15) is 23.3 Å². The van der Waals surface area contributed by atoms with Gasteiger partial charge in [0.2, 0.25) is 0 Å². The second-order valence-corrected chi connectivity index (χ2v) is 5.89. The van der Waals surface area contributed by atoms with Crippen LogP contribution in [0.3, 0.4) is 0 Å². The first-order chi connectivity index (χ1) is 12.6. The zero-order chi connectivity index (χ0) is 18.5. The third-order valence-corrected chi connectivity index (χ3v) is 4.18. The Morgan fingerprint density at radius 3 is 2.54 bits per heavy atom. The molecule has 0 amide bonds. The number of benzene rings is 3. The van der Waals surface area contributed by atoms with Gasteiger partial charge in [-0.05, 0) is 41.3 Å². The lowest BCUT2D eigenvalue weighted by Crippen LogP contribution is -2.33. The summed E-state index contributed by atoms with van der Waals surface area (Å²) in [6, 6.07) is 18.5. The maximum Gasteiger partial charge on any atom is 0.322 e. The molecule has 0 spiro atoms. The van der Waals surface area contributed by atoms with Gasteiger partial charge in [-0.25, -0.2) is 0 Å². The number of methoxy groups -OCH3 is 2. The predicted octanol–water partition coefficient (Wildman–Crippen LogP) is 3.68. The highest BCUT2D eigenvalue weighted by Gasteiger charge is 2.17. The maximum atomic E-state index is 11.6. The Balaban J connectivity index is 1.92. The normalized spacial score (nSPS) is 11.8. The Morgan fingerprint density at radius 2 is 1.77 bits per heavy atom. The smallest absolute Gasteiger partial charge is 0.322 e. The molecule has 2 N–H and O–H groups in total. The zero-order valence-corrected chi connectivity index (χ0v) is 14.8. The molecule has 0 unspecified atom stereocenters. The average Bonchev–Trinajstić information content (AvgIpc) is 2.68. The lowest BCUT2D eigenvalue weighted by molar-refractivity contribution is -0.142. The van der Waals surface area contributed by atoms with Crippen LogP contribution in [-0.4, -0.2) is 26.2 Å². The highest BCUT2D eigenvalue weighted by Crippen LogP contribution is 2.33. The number of ether oxygens (including phenoxy) is 3. The van der Waals surface area contributed by atoms with Crippen molar-refractivity contribution in [3.05, 3.63) is 66.2 Å². The van der Waals surface area contributed by atoms with E-state index in [2.05, 4.69) is 0 Å². The molecule has 134 valence electrons. The van der Waals surface area contributed by atoms with Crippen molar-refractivity contribution in [2.24, 2.45) is 5.73 Å². The van der Waals surface area contributed by atoms with Crippen molar-refractivity contribution in [1.82, 2.24) is 0 Å². The van der Waals surface area contributed by atoms with Gasteiger partial charge in [-0.3, -0.25) is 4.79 Å².